The summed E-state index contributed by atoms with van der Waals surface area (Å²) >= 11 is 0. The van der Waals surface area contributed by atoms with Gasteiger partial charge in [0, 0.05) is 22.6 Å². The standard InChI is InChI=1S/C24H27NO4/c26-22(25-24-10-14-6-15(11-24)8-16(7-14)12-24)13-28-17-4-5-19-18-2-1-3-20(18)23(27)29-21(19)9-17/h4-5,9,14-16H,1-3,6-8,10-13H2,(H,25,26). The predicted octanol–water partition coefficient (Wildman–Crippen LogP) is 3.75. The minimum Gasteiger partial charge on any atom is -0.484 e. The molecule has 0 spiro atoms. The van der Waals surface area contributed by atoms with Crippen molar-refractivity contribution in [3.05, 3.63) is 39.7 Å². The maximum atomic E-state index is 12.7. The van der Waals surface area contributed by atoms with Crippen molar-refractivity contribution in [3.8, 4) is 5.75 Å². The maximum Gasteiger partial charge on any atom is 0.339 e. The largest absolute Gasteiger partial charge is 0.484 e. The molecule has 4 fully saturated rings. The van der Waals surface area contributed by atoms with Gasteiger partial charge in [0.05, 0.1) is 0 Å². The van der Waals surface area contributed by atoms with E-state index in [4.69, 9.17) is 9.15 Å². The zero-order chi connectivity index (χ0) is 19.6. The quantitative estimate of drug-likeness (QED) is 0.804. The Kier molecular flexibility index (Phi) is 3.84. The number of aryl methyl sites for hydroxylation is 1. The van der Waals surface area contributed by atoms with Crippen LogP contribution in [0.15, 0.2) is 27.4 Å². The highest BCUT2D eigenvalue weighted by atomic mass is 16.5. The number of fused-ring (bicyclic) bond motifs is 3. The highest BCUT2D eigenvalue weighted by Gasteiger charge is 2.51. The molecule has 1 N–H and O–H groups in total. The van der Waals surface area contributed by atoms with E-state index >= 15 is 0 Å². The Morgan fingerprint density at radius 2 is 1.76 bits per heavy atom. The Morgan fingerprint density at radius 3 is 2.48 bits per heavy atom. The summed E-state index contributed by atoms with van der Waals surface area (Å²) in [5.41, 5.74) is 2.26. The van der Waals surface area contributed by atoms with Gasteiger partial charge in [0.15, 0.2) is 6.61 Å². The van der Waals surface area contributed by atoms with E-state index < -0.39 is 0 Å². The number of amides is 1. The van der Waals surface area contributed by atoms with E-state index in [1.165, 1.54) is 19.3 Å². The summed E-state index contributed by atoms with van der Waals surface area (Å²) in [5.74, 6) is 2.93. The summed E-state index contributed by atoms with van der Waals surface area (Å²) < 4.78 is 11.3. The van der Waals surface area contributed by atoms with Crippen molar-refractivity contribution < 1.29 is 13.9 Å². The lowest BCUT2D eigenvalue weighted by Gasteiger charge is -2.56. The first-order chi connectivity index (χ1) is 14.1. The minimum absolute atomic E-state index is 0.00241. The van der Waals surface area contributed by atoms with Crippen molar-refractivity contribution in [1.29, 1.82) is 0 Å². The lowest BCUT2D eigenvalue weighted by atomic mass is 9.53. The van der Waals surface area contributed by atoms with Gasteiger partial charge in [-0.15, -0.1) is 0 Å². The van der Waals surface area contributed by atoms with Crippen molar-refractivity contribution >= 4 is 16.9 Å². The summed E-state index contributed by atoms with van der Waals surface area (Å²) in [6.07, 6.45) is 10.2. The van der Waals surface area contributed by atoms with Crippen molar-refractivity contribution in [2.75, 3.05) is 6.61 Å². The second kappa shape index (κ2) is 6.35. The fraction of sp³-hybridized carbons (Fsp3) is 0.583. The van der Waals surface area contributed by atoms with Crippen LogP contribution in [0.4, 0.5) is 0 Å². The Balaban J connectivity index is 1.15. The van der Waals surface area contributed by atoms with E-state index in [1.54, 1.807) is 6.07 Å². The number of rotatable bonds is 4. The summed E-state index contributed by atoms with van der Waals surface area (Å²) in [5, 5.41) is 4.33. The zero-order valence-corrected chi connectivity index (χ0v) is 16.7. The van der Waals surface area contributed by atoms with Gasteiger partial charge in [0.25, 0.3) is 5.91 Å². The molecule has 1 amide bonds. The van der Waals surface area contributed by atoms with Crippen LogP contribution in [0.5, 0.6) is 5.75 Å². The molecule has 5 aliphatic carbocycles. The Bertz CT molecular complexity index is 1020. The third-order valence-corrected chi connectivity index (χ3v) is 7.76. The molecule has 2 aromatic rings. The van der Waals surface area contributed by atoms with Crippen molar-refractivity contribution in [3.63, 3.8) is 0 Å². The number of hydrogen-bond acceptors (Lipinski definition) is 4. The van der Waals surface area contributed by atoms with Gasteiger partial charge < -0.3 is 14.5 Å². The summed E-state index contributed by atoms with van der Waals surface area (Å²) in [7, 11) is 0. The van der Waals surface area contributed by atoms with Gasteiger partial charge in [0.1, 0.15) is 11.3 Å². The van der Waals surface area contributed by atoms with Crippen LogP contribution in [0.1, 0.15) is 56.1 Å². The molecule has 7 rings (SSSR count). The van der Waals surface area contributed by atoms with Gasteiger partial charge in [-0.1, -0.05) is 0 Å². The number of ether oxygens (including phenoxy) is 1. The van der Waals surface area contributed by atoms with Gasteiger partial charge in [-0.25, -0.2) is 4.79 Å². The first-order valence-corrected chi connectivity index (χ1v) is 11.1. The van der Waals surface area contributed by atoms with Gasteiger partial charge in [-0.3, -0.25) is 4.79 Å². The number of carbonyl (C=O) groups is 1. The molecule has 5 nitrogen and oxygen atoms in total. The van der Waals surface area contributed by atoms with Gasteiger partial charge >= 0.3 is 5.63 Å². The Labute approximate surface area is 169 Å². The molecule has 1 aromatic heterocycles. The van der Waals surface area contributed by atoms with Crippen LogP contribution in [0.3, 0.4) is 0 Å². The molecule has 5 aliphatic rings. The monoisotopic (exact) mass is 393 g/mol. The van der Waals surface area contributed by atoms with Crippen molar-refractivity contribution in [1.82, 2.24) is 5.32 Å². The van der Waals surface area contributed by atoms with Crippen LogP contribution in [-0.4, -0.2) is 18.1 Å². The number of nitrogens with one attached hydrogen (secondary N) is 1. The molecular formula is C24H27NO4. The van der Waals surface area contributed by atoms with E-state index in [2.05, 4.69) is 5.32 Å². The predicted molar refractivity (Wildman–Crippen MR) is 109 cm³/mol. The SMILES string of the molecule is O=C(COc1ccc2c3c(c(=O)oc2c1)CCC3)NC12CC3CC(CC(C3)C1)C2. The average Bonchev–Trinajstić information content (AvgIpc) is 3.15. The third-order valence-electron chi connectivity index (χ3n) is 7.76. The van der Waals surface area contributed by atoms with Crippen LogP contribution in [-0.2, 0) is 17.6 Å². The van der Waals surface area contributed by atoms with Crippen LogP contribution in [0.25, 0.3) is 11.0 Å². The molecule has 4 bridgehead atoms. The molecule has 1 heterocycles. The van der Waals surface area contributed by atoms with Gasteiger partial charge in [-0.2, -0.15) is 0 Å². The van der Waals surface area contributed by atoms with E-state index in [-0.39, 0.29) is 23.7 Å². The molecule has 0 unspecified atom stereocenters. The lowest BCUT2D eigenvalue weighted by molar-refractivity contribution is -0.128. The van der Waals surface area contributed by atoms with E-state index in [9.17, 15) is 9.59 Å². The molecule has 0 aliphatic heterocycles. The molecule has 0 saturated heterocycles. The molecule has 0 radical (unpaired) electrons. The minimum atomic E-state index is -0.235. The zero-order valence-electron chi connectivity index (χ0n) is 16.7. The number of benzene rings is 1. The molecule has 5 heteroatoms. The molecule has 0 atom stereocenters. The topological polar surface area (TPSA) is 68.5 Å². The van der Waals surface area contributed by atoms with Gasteiger partial charge in [-0.05, 0) is 93.2 Å². The van der Waals surface area contributed by atoms with E-state index in [0.717, 1.165) is 72.8 Å². The molecule has 4 saturated carbocycles. The highest BCUT2D eigenvalue weighted by molar-refractivity contribution is 5.83. The fourth-order valence-corrected chi connectivity index (χ4v) is 7.10. The van der Waals surface area contributed by atoms with E-state index in [0.29, 0.717) is 11.3 Å². The Morgan fingerprint density at radius 1 is 1.07 bits per heavy atom. The lowest BCUT2D eigenvalue weighted by Crippen LogP contribution is -2.60. The van der Waals surface area contributed by atoms with Crippen LogP contribution < -0.4 is 15.7 Å². The second-order valence-corrected chi connectivity index (χ2v) is 9.89. The van der Waals surface area contributed by atoms with Crippen molar-refractivity contribution in [2.45, 2.75) is 63.3 Å². The van der Waals surface area contributed by atoms with Gasteiger partial charge in [0.2, 0.25) is 0 Å². The number of hydrogen-bond donors (Lipinski definition) is 1. The van der Waals surface area contributed by atoms with E-state index in [1.807, 2.05) is 12.1 Å². The molecule has 152 valence electrons. The number of carbonyl (C=O) groups excluding carboxylic acids is 1. The first kappa shape index (κ1) is 17.5. The molecular weight excluding hydrogens is 366 g/mol. The van der Waals surface area contributed by atoms with Crippen LogP contribution in [0.2, 0.25) is 0 Å². The van der Waals surface area contributed by atoms with Crippen molar-refractivity contribution in [2.24, 2.45) is 17.8 Å². The fourth-order valence-electron chi connectivity index (χ4n) is 7.10. The normalized spacial score (nSPS) is 31.8. The van der Waals surface area contributed by atoms with Crippen LogP contribution >= 0.6 is 0 Å². The maximum absolute atomic E-state index is 12.7. The third kappa shape index (κ3) is 2.97. The Hall–Kier alpha value is -2.30. The smallest absolute Gasteiger partial charge is 0.339 e. The molecule has 29 heavy (non-hydrogen) atoms. The average molecular weight is 393 g/mol. The highest BCUT2D eigenvalue weighted by Crippen LogP contribution is 2.55. The summed E-state index contributed by atoms with van der Waals surface area (Å²) in [4.78, 5) is 24.8. The summed E-state index contributed by atoms with van der Waals surface area (Å²) in [6.45, 7) is 0.00241. The molecule has 1 aromatic carbocycles. The second-order valence-electron chi connectivity index (χ2n) is 9.89. The summed E-state index contributed by atoms with van der Waals surface area (Å²) in [6, 6.07) is 5.57. The van der Waals surface area contributed by atoms with Crippen LogP contribution in [0, 0.1) is 17.8 Å². The first-order valence-electron chi connectivity index (χ1n) is 11.1.